The smallest absolute Gasteiger partial charge is 0.339 e. The highest BCUT2D eigenvalue weighted by Gasteiger charge is 2.21. The molecule has 1 aliphatic rings. The van der Waals surface area contributed by atoms with Crippen molar-refractivity contribution in [3.8, 4) is 0 Å². The van der Waals surface area contributed by atoms with Gasteiger partial charge in [-0.2, -0.15) is 0 Å². The van der Waals surface area contributed by atoms with Crippen molar-refractivity contribution in [2.45, 2.75) is 103 Å². The molecule has 188 valence electrons. The van der Waals surface area contributed by atoms with Crippen LogP contribution in [0.25, 0.3) is 0 Å². The molecule has 1 aromatic rings. The van der Waals surface area contributed by atoms with Gasteiger partial charge in [-0.1, -0.05) is 90.2 Å². The summed E-state index contributed by atoms with van der Waals surface area (Å²) in [5.74, 6) is -1.57. The van der Waals surface area contributed by atoms with E-state index in [0.717, 1.165) is 50.8 Å². The van der Waals surface area contributed by atoms with Gasteiger partial charge in [0.2, 0.25) is 0 Å². The van der Waals surface area contributed by atoms with Gasteiger partial charge >= 0.3 is 11.9 Å². The molecule has 4 N–H and O–H groups in total. The molecular formula is C27H46N2O4. The van der Waals surface area contributed by atoms with Crippen molar-refractivity contribution in [3.63, 3.8) is 0 Å². The second-order valence-corrected chi connectivity index (χ2v) is 8.98. The van der Waals surface area contributed by atoms with Gasteiger partial charge in [0.15, 0.2) is 0 Å². The number of ether oxygens (including phenoxy) is 1. The molecule has 1 aliphatic heterocycles. The number of unbranched alkanes of at least 4 members (excludes halogenated alkanes) is 10. The number of hydrogen-bond donors (Lipinski definition) is 3. The molecular weight excluding hydrogens is 416 g/mol. The Balaban J connectivity index is 0.000000953. The number of carbonyl (C=O) groups excluding carboxylic acids is 1. The summed E-state index contributed by atoms with van der Waals surface area (Å²) in [4.78, 5) is 24.2. The van der Waals surface area contributed by atoms with Gasteiger partial charge in [0.1, 0.15) is 0 Å². The zero-order valence-electron chi connectivity index (χ0n) is 20.9. The van der Waals surface area contributed by atoms with E-state index >= 15 is 0 Å². The molecule has 0 radical (unpaired) electrons. The van der Waals surface area contributed by atoms with Crippen LogP contribution in [0.2, 0.25) is 0 Å². The lowest BCUT2D eigenvalue weighted by molar-refractivity contribution is 0.0487. The highest BCUT2D eigenvalue weighted by Crippen LogP contribution is 2.20. The molecule has 0 atom stereocenters. The third-order valence-corrected chi connectivity index (χ3v) is 5.93. The molecule has 0 spiro atoms. The minimum atomic E-state index is -1.05. The Bertz CT molecular complexity index is 674. The first-order valence-corrected chi connectivity index (χ1v) is 13.0. The Hall–Kier alpha value is -1.92. The van der Waals surface area contributed by atoms with Crippen LogP contribution >= 0.6 is 0 Å². The van der Waals surface area contributed by atoms with Crippen LogP contribution in [0.5, 0.6) is 0 Å². The van der Waals surface area contributed by atoms with Gasteiger partial charge in [0.25, 0.3) is 0 Å². The number of esters is 1. The summed E-state index contributed by atoms with van der Waals surface area (Å²) in [6, 6.07) is 5.60. The lowest BCUT2D eigenvalue weighted by Crippen LogP contribution is -2.52. The van der Waals surface area contributed by atoms with Gasteiger partial charge in [0, 0.05) is 19.1 Å². The van der Waals surface area contributed by atoms with Crippen LogP contribution in [-0.4, -0.2) is 42.8 Å². The third-order valence-electron chi connectivity index (χ3n) is 5.93. The van der Waals surface area contributed by atoms with Crippen LogP contribution in [0, 0.1) is 0 Å². The maximum Gasteiger partial charge on any atom is 0.339 e. The monoisotopic (exact) mass is 462 g/mol. The Kier molecular flexibility index (Phi) is 16.3. The van der Waals surface area contributed by atoms with E-state index in [1.165, 1.54) is 44.9 Å². The summed E-state index contributed by atoms with van der Waals surface area (Å²) < 4.78 is 5.35. The van der Waals surface area contributed by atoms with Crippen molar-refractivity contribution < 1.29 is 19.4 Å². The Morgan fingerprint density at radius 1 is 0.939 bits per heavy atom. The molecule has 1 heterocycles. The van der Waals surface area contributed by atoms with Crippen LogP contribution in [0.1, 0.15) is 117 Å². The standard InChI is InChI=1S/C24H38O4.C3H8N2/c1-3-5-7-9-11-13-16-20-17-15-18-21(22(20)23(25)26)24(27)28-19-14-12-10-8-6-4-2;4-3-1-5-2-3/h15,17-18H,3-14,16,19H2,1-2H3,(H,25,26);3,5H,1-2,4H2. The number of hydrogen-bond acceptors (Lipinski definition) is 5. The van der Waals surface area contributed by atoms with Gasteiger partial charge < -0.3 is 20.9 Å². The number of carbonyl (C=O) groups is 2. The van der Waals surface area contributed by atoms with E-state index in [2.05, 4.69) is 19.2 Å². The maximum atomic E-state index is 12.4. The van der Waals surface area contributed by atoms with Crippen LogP contribution in [-0.2, 0) is 11.2 Å². The van der Waals surface area contributed by atoms with E-state index in [9.17, 15) is 14.7 Å². The van der Waals surface area contributed by atoms with Crippen molar-refractivity contribution in [3.05, 3.63) is 34.9 Å². The fourth-order valence-corrected chi connectivity index (χ4v) is 3.76. The highest BCUT2D eigenvalue weighted by atomic mass is 16.5. The molecule has 6 nitrogen and oxygen atoms in total. The first-order valence-electron chi connectivity index (χ1n) is 13.0. The Morgan fingerprint density at radius 2 is 1.48 bits per heavy atom. The largest absolute Gasteiger partial charge is 0.478 e. The lowest BCUT2D eigenvalue weighted by atomic mass is 9.96. The molecule has 1 saturated heterocycles. The average molecular weight is 463 g/mol. The summed E-state index contributed by atoms with van der Waals surface area (Å²) in [6.45, 7) is 6.75. The fourth-order valence-electron chi connectivity index (χ4n) is 3.76. The molecule has 0 bridgehead atoms. The summed E-state index contributed by atoms with van der Waals surface area (Å²) >= 11 is 0. The summed E-state index contributed by atoms with van der Waals surface area (Å²) in [6.07, 6.45) is 14.3. The number of benzene rings is 1. The lowest BCUT2D eigenvalue weighted by Gasteiger charge is -2.21. The molecule has 0 amide bonds. The van der Waals surface area contributed by atoms with Crippen molar-refractivity contribution in [2.24, 2.45) is 5.73 Å². The first-order chi connectivity index (χ1) is 16.0. The van der Waals surface area contributed by atoms with Crippen LogP contribution in [0.15, 0.2) is 18.2 Å². The average Bonchev–Trinajstić information content (AvgIpc) is 2.79. The number of aryl methyl sites for hydroxylation is 1. The van der Waals surface area contributed by atoms with Crippen LogP contribution in [0.4, 0.5) is 0 Å². The van der Waals surface area contributed by atoms with E-state index < -0.39 is 11.9 Å². The second-order valence-electron chi connectivity index (χ2n) is 8.98. The van der Waals surface area contributed by atoms with Gasteiger partial charge in [0.05, 0.1) is 17.7 Å². The zero-order chi connectivity index (χ0) is 24.3. The van der Waals surface area contributed by atoms with E-state index in [1.807, 2.05) is 6.07 Å². The van der Waals surface area contributed by atoms with Crippen molar-refractivity contribution in [1.29, 1.82) is 0 Å². The topological polar surface area (TPSA) is 102 Å². The first kappa shape index (κ1) is 29.1. The number of nitrogens with one attached hydrogen (secondary N) is 1. The molecule has 33 heavy (non-hydrogen) atoms. The van der Waals surface area contributed by atoms with Gasteiger partial charge in [-0.25, -0.2) is 9.59 Å². The molecule has 2 rings (SSSR count). The SMILES string of the molecule is CCCCCCCCOC(=O)c1cccc(CCCCCCCC)c1C(=O)O.NC1CNC1. The van der Waals surface area contributed by atoms with Crippen molar-refractivity contribution in [2.75, 3.05) is 19.7 Å². The number of carboxylic acids is 1. The molecule has 0 aliphatic carbocycles. The Labute approximate surface area is 200 Å². The van der Waals surface area contributed by atoms with Crippen molar-refractivity contribution >= 4 is 11.9 Å². The van der Waals surface area contributed by atoms with E-state index in [-0.39, 0.29) is 11.1 Å². The van der Waals surface area contributed by atoms with Crippen LogP contribution < -0.4 is 11.1 Å². The van der Waals surface area contributed by atoms with E-state index in [0.29, 0.717) is 19.1 Å². The third kappa shape index (κ3) is 12.8. The number of rotatable bonds is 16. The minimum Gasteiger partial charge on any atom is -0.478 e. The fraction of sp³-hybridized carbons (Fsp3) is 0.704. The maximum absolute atomic E-state index is 12.4. The molecule has 0 unspecified atom stereocenters. The van der Waals surface area contributed by atoms with Crippen molar-refractivity contribution in [1.82, 2.24) is 5.32 Å². The van der Waals surface area contributed by atoms with Gasteiger partial charge in [-0.05, 0) is 30.9 Å². The Morgan fingerprint density at radius 3 is 2.00 bits per heavy atom. The normalized spacial score (nSPS) is 13.1. The molecule has 1 fully saturated rings. The number of aromatic carboxylic acids is 1. The predicted octanol–water partition coefficient (Wildman–Crippen LogP) is 5.72. The van der Waals surface area contributed by atoms with Crippen LogP contribution in [0.3, 0.4) is 0 Å². The number of carboxylic acid groups (broad SMARTS) is 1. The minimum absolute atomic E-state index is 0.115. The van der Waals surface area contributed by atoms with E-state index in [1.54, 1.807) is 12.1 Å². The molecule has 6 heteroatoms. The van der Waals surface area contributed by atoms with E-state index in [4.69, 9.17) is 10.5 Å². The summed E-state index contributed by atoms with van der Waals surface area (Å²) in [7, 11) is 0. The summed E-state index contributed by atoms with van der Waals surface area (Å²) in [5, 5.41) is 12.7. The molecule has 0 saturated carbocycles. The molecule has 0 aromatic heterocycles. The quantitative estimate of drug-likeness (QED) is 0.214. The second kappa shape index (κ2) is 18.5. The van der Waals surface area contributed by atoms with Gasteiger partial charge in [-0.15, -0.1) is 0 Å². The summed E-state index contributed by atoms with van der Waals surface area (Å²) in [5.41, 5.74) is 6.35. The highest BCUT2D eigenvalue weighted by molar-refractivity contribution is 6.03. The zero-order valence-corrected chi connectivity index (χ0v) is 20.9. The predicted molar refractivity (Wildman–Crippen MR) is 135 cm³/mol. The molecule has 1 aromatic carbocycles. The van der Waals surface area contributed by atoms with Gasteiger partial charge in [-0.3, -0.25) is 0 Å². The number of nitrogens with two attached hydrogens (primary N) is 1.